The maximum Gasteiger partial charge on any atom is 0.133 e. The lowest BCUT2D eigenvalue weighted by molar-refractivity contribution is -0.117. The Kier molecular flexibility index (Phi) is 3.17. The molecule has 1 saturated carbocycles. The Morgan fingerprint density at radius 1 is 1.40 bits per heavy atom. The van der Waals surface area contributed by atoms with Crippen molar-refractivity contribution in [1.29, 1.82) is 0 Å². The minimum Gasteiger partial charge on any atom is -0.330 e. The average molecular weight is 203 g/mol. The van der Waals surface area contributed by atoms with Gasteiger partial charge in [0.25, 0.3) is 0 Å². The van der Waals surface area contributed by atoms with Crippen LogP contribution in [-0.2, 0) is 11.2 Å². The van der Waals surface area contributed by atoms with Gasteiger partial charge in [-0.15, -0.1) is 0 Å². The lowest BCUT2D eigenvalue weighted by Gasteiger charge is -2.10. The first kappa shape index (κ1) is 10.4. The van der Waals surface area contributed by atoms with Crippen molar-refractivity contribution < 1.29 is 4.79 Å². The van der Waals surface area contributed by atoms with E-state index in [0.29, 0.717) is 18.2 Å². The summed E-state index contributed by atoms with van der Waals surface area (Å²) in [5.41, 5.74) is 8.13. The van der Waals surface area contributed by atoms with E-state index >= 15 is 0 Å². The Morgan fingerprint density at radius 3 is 2.93 bits per heavy atom. The number of Topliss-reactive ketones (excluding diaryl/α,β-unsaturated/α-hetero) is 1. The van der Waals surface area contributed by atoms with Crippen LogP contribution in [0.15, 0.2) is 24.3 Å². The van der Waals surface area contributed by atoms with Crippen LogP contribution < -0.4 is 5.73 Å². The molecule has 0 radical (unpaired) electrons. The van der Waals surface area contributed by atoms with Gasteiger partial charge in [0.05, 0.1) is 0 Å². The van der Waals surface area contributed by atoms with Crippen LogP contribution in [-0.4, -0.2) is 12.3 Å². The van der Waals surface area contributed by atoms with Gasteiger partial charge in [-0.05, 0) is 36.4 Å². The maximum atomic E-state index is 11.2. The van der Waals surface area contributed by atoms with Gasteiger partial charge in [0.1, 0.15) is 5.78 Å². The van der Waals surface area contributed by atoms with Crippen molar-refractivity contribution in [3.8, 4) is 0 Å². The van der Waals surface area contributed by atoms with Crippen molar-refractivity contribution in [2.24, 2.45) is 5.73 Å². The van der Waals surface area contributed by atoms with Crippen LogP contribution in [0.3, 0.4) is 0 Å². The van der Waals surface area contributed by atoms with Gasteiger partial charge in [0.15, 0.2) is 0 Å². The lowest BCUT2D eigenvalue weighted by atomic mass is 9.95. The molecule has 2 heteroatoms. The van der Waals surface area contributed by atoms with E-state index in [4.69, 9.17) is 5.73 Å². The molecule has 15 heavy (non-hydrogen) atoms. The van der Waals surface area contributed by atoms with E-state index in [2.05, 4.69) is 24.3 Å². The number of carbonyl (C=O) groups excluding carboxylic acids is 1. The van der Waals surface area contributed by atoms with Gasteiger partial charge < -0.3 is 5.73 Å². The first-order valence-electron chi connectivity index (χ1n) is 5.60. The van der Waals surface area contributed by atoms with Crippen molar-refractivity contribution in [1.82, 2.24) is 0 Å². The Balaban J connectivity index is 2.14. The number of benzene rings is 1. The summed E-state index contributed by atoms with van der Waals surface area (Å²) < 4.78 is 0. The molecule has 1 fully saturated rings. The third-order valence-corrected chi connectivity index (χ3v) is 3.10. The molecule has 1 aromatic rings. The number of rotatable bonds is 3. The smallest absolute Gasteiger partial charge is 0.133 e. The molecule has 2 rings (SSSR count). The Labute approximate surface area is 90.5 Å². The zero-order valence-corrected chi connectivity index (χ0v) is 8.91. The predicted octanol–water partition coefficient (Wildman–Crippen LogP) is 2.02. The van der Waals surface area contributed by atoms with Crippen LogP contribution >= 0.6 is 0 Å². The molecule has 0 aliphatic heterocycles. The molecule has 2 nitrogen and oxygen atoms in total. The maximum absolute atomic E-state index is 11.2. The summed E-state index contributed by atoms with van der Waals surface area (Å²) in [6.07, 6.45) is 3.43. The summed E-state index contributed by atoms with van der Waals surface area (Å²) in [5.74, 6) is 0.861. The van der Waals surface area contributed by atoms with Crippen LogP contribution in [0.5, 0.6) is 0 Å². The molecule has 0 spiro atoms. The summed E-state index contributed by atoms with van der Waals surface area (Å²) in [5, 5.41) is 0. The summed E-state index contributed by atoms with van der Waals surface area (Å²) in [4.78, 5) is 11.2. The molecular weight excluding hydrogens is 186 g/mol. The normalized spacial score (nSPS) is 20.9. The highest BCUT2D eigenvalue weighted by Crippen LogP contribution is 2.32. The highest BCUT2D eigenvalue weighted by Gasteiger charge is 2.23. The zero-order valence-electron chi connectivity index (χ0n) is 8.91. The second-order valence-corrected chi connectivity index (χ2v) is 4.26. The third kappa shape index (κ3) is 2.45. The summed E-state index contributed by atoms with van der Waals surface area (Å²) in [6.45, 7) is 0.688. The standard InChI is InChI=1S/C13H17NO/c14-7-6-10-2-1-3-11(8-10)12-4-5-13(15)9-12/h1-3,8,12H,4-7,9,14H2. The molecule has 1 atom stereocenters. The first-order chi connectivity index (χ1) is 7.29. The molecule has 0 aromatic heterocycles. The van der Waals surface area contributed by atoms with Crippen molar-refractivity contribution in [3.63, 3.8) is 0 Å². The first-order valence-corrected chi connectivity index (χ1v) is 5.60. The van der Waals surface area contributed by atoms with Crippen molar-refractivity contribution in [3.05, 3.63) is 35.4 Å². The molecule has 80 valence electrons. The van der Waals surface area contributed by atoms with E-state index in [1.54, 1.807) is 0 Å². The Hall–Kier alpha value is -1.15. The van der Waals surface area contributed by atoms with E-state index in [9.17, 15) is 4.79 Å². The van der Waals surface area contributed by atoms with Crippen molar-refractivity contribution in [2.45, 2.75) is 31.6 Å². The summed E-state index contributed by atoms with van der Waals surface area (Å²) >= 11 is 0. The van der Waals surface area contributed by atoms with E-state index in [1.165, 1.54) is 11.1 Å². The van der Waals surface area contributed by atoms with Gasteiger partial charge >= 0.3 is 0 Å². The minimum atomic E-state index is 0.407. The molecule has 0 amide bonds. The van der Waals surface area contributed by atoms with Gasteiger partial charge in [-0.25, -0.2) is 0 Å². The fraction of sp³-hybridized carbons (Fsp3) is 0.462. The monoisotopic (exact) mass is 203 g/mol. The molecule has 0 bridgehead atoms. The van der Waals surface area contributed by atoms with Gasteiger partial charge in [-0.1, -0.05) is 24.3 Å². The molecule has 0 heterocycles. The average Bonchev–Trinajstić information content (AvgIpc) is 2.66. The fourth-order valence-electron chi connectivity index (χ4n) is 2.27. The van der Waals surface area contributed by atoms with Crippen LogP contribution in [0, 0.1) is 0 Å². The van der Waals surface area contributed by atoms with Crippen LogP contribution in [0.2, 0.25) is 0 Å². The number of carbonyl (C=O) groups is 1. The quantitative estimate of drug-likeness (QED) is 0.816. The Morgan fingerprint density at radius 2 is 2.27 bits per heavy atom. The topological polar surface area (TPSA) is 43.1 Å². The second-order valence-electron chi connectivity index (χ2n) is 4.26. The molecule has 0 saturated heterocycles. The highest BCUT2D eigenvalue weighted by atomic mass is 16.1. The second kappa shape index (κ2) is 4.58. The molecule has 1 aliphatic carbocycles. The van der Waals surface area contributed by atoms with E-state index in [-0.39, 0.29) is 0 Å². The zero-order chi connectivity index (χ0) is 10.7. The predicted molar refractivity (Wildman–Crippen MR) is 60.8 cm³/mol. The summed E-state index contributed by atoms with van der Waals surface area (Å²) in [7, 11) is 0. The molecule has 1 unspecified atom stereocenters. The number of hydrogen-bond acceptors (Lipinski definition) is 2. The molecule has 2 N–H and O–H groups in total. The van der Waals surface area contributed by atoms with Gasteiger partial charge in [0.2, 0.25) is 0 Å². The lowest BCUT2D eigenvalue weighted by Crippen LogP contribution is -2.03. The van der Waals surface area contributed by atoms with Crippen molar-refractivity contribution in [2.75, 3.05) is 6.54 Å². The third-order valence-electron chi connectivity index (χ3n) is 3.10. The van der Waals surface area contributed by atoms with Gasteiger partial charge in [0, 0.05) is 12.8 Å². The van der Waals surface area contributed by atoms with Crippen LogP contribution in [0.4, 0.5) is 0 Å². The number of hydrogen-bond donors (Lipinski definition) is 1. The SMILES string of the molecule is NCCc1cccc(C2CCC(=O)C2)c1. The van der Waals surface area contributed by atoms with Gasteiger partial charge in [-0.3, -0.25) is 4.79 Å². The number of nitrogens with two attached hydrogens (primary N) is 1. The van der Waals surface area contributed by atoms with E-state index in [1.807, 2.05) is 0 Å². The largest absolute Gasteiger partial charge is 0.330 e. The highest BCUT2D eigenvalue weighted by molar-refractivity contribution is 5.81. The van der Waals surface area contributed by atoms with Crippen LogP contribution in [0.25, 0.3) is 0 Å². The molecule has 1 aromatic carbocycles. The van der Waals surface area contributed by atoms with E-state index in [0.717, 1.165) is 25.7 Å². The molecule has 1 aliphatic rings. The molecular formula is C13H17NO. The van der Waals surface area contributed by atoms with Crippen LogP contribution in [0.1, 0.15) is 36.3 Å². The fourth-order valence-corrected chi connectivity index (χ4v) is 2.27. The van der Waals surface area contributed by atoms with Crippen molar-refractivity contribution >= 4 is 5.78 Å². The van der Waals surface area contributed by atoms with E-state index < -0.39 is 0 Å². The van der Waals surface area contributed by atoms with Gasteiger partial charge in [-0.2, -0.15) is 0 Å². The number of ketones is 1. The summed E-state index contributed by atoms with van der Waals surface area (Å²) in [6, 6.07) is 8.51. The minimum absolute atomic E-state index is 0.407. The Bertz CT molecular complexity index is 359.